The topological polar surface area (TPSA) is 57.7 Å². The third kappa shape index (κ3) is 4.08. The second-order valence-electron chi connectivity index (χ2n) is 7.60. The molecule has 1 N–H and O–H groups in total. The van der Waals surface area contributed by atoms with Crippen molar-refractivity contribution in [1.29, 1.82) is 0 Å². The maximum absolute atomic E-state index is 4.01. The number of hydrogen-bond acceptors (Lipinski definition) is 4. The van der Waals surface area contributed by atoms with Crippen LogP contribution in [-0.2, 0) is 6.42 Å². The van der Waals surface area contributed by atoms with Gasteiger partial charge in [-0.15, -0.1) is 5.10 Å². The highest BCUT2D eigenvalue weighted by molar-refractivity contribution is 5.64. The van der Waals surface area contributed by atoms with Gasteiger partial charge in [-0.1, -0.05) is 55.5 Å². The van der Waals surface area contributed by atoms with E-state index in [-0.39, 0.29) is 5.92 Å². The van der Waals surface area contributed by atoms with E-state index in [0.29, 0.717) is 0 Å². The van der Waals surface area contributed by atoms with Crippen LogP contribution in [0.5, 0.6) is 0 Å². The lowest BCUT2D eigenvalue weighted by molar-refractivity contribution is 0.272. The quantitative estimate of drug-likeness (QED) is 0.720. The summed E-state index contributed by atoms with van der Waals surface area (Å²) >= 11 is 0. The summed E-state index contributed by atoms with van der Waals surface area (Å²) in [5.41, 5.74) is 5.12. The predicted octanol–water partition coefficient (Wildman–Crippen LogP) is 4.05. The fraction of sp³-hybridized carbons (Fsp3) is 0.409. The Morgan fingerprint density at radius 1 is 1.07 bits per heavy atom. The molecule has 2 unspecified atom stereocenters. The minimum absolute atomic E-state index is 0.157. The van der Waals surface area contributed by atoms with Crippen LogP contribution in [0.25, 0.3) is 11.1 Å². The first-order valence-electron chi connectivity index (χ1n) is 9.87. The zero-order valence-corrected chi connectivity index (χ0v) is 16.1. The number of aromatic nitrogens is 4. The van der Waals surface area contributed by atoms with E-state index in [1.54, 1.807) is 0 Å². The predicted molar refractivity (Wildman–Crippen MR) is 108 cm³/mol. The first-order chi connectivity index (χ1) is 13.2. The fourth-order valence-corrected chi connectivity index (χ4v) is 3.93. The smallest absolute Gasteiger partial charge is 0.155 e. The number of likely N-dealkylation sites (tertiary alicyclic amines) is 1. The van der Waals surface area contributed by atoms with Crippen LogP contribution in [0.4, 0.5) is 0 Å². The Kier molecular flexibility index (Phi) is 5.30. The molecular formula is C22H27N5. The van der Waals surface area contributed by atoms with Crippen LogP contribution in [0.15, 0.2) is 48.5 Å². The molecule has 0 aliphatic carbocycles. The van der Waals surface area contributed by atoms with E-state index in [9.17, 15) is 0 Å². The number of hydrogen-bond donors (Lipinski definition) is 1. The highest BCUT2D eigenvalue weighted by atomic mass is 15.5. The summed E-state index contributed by atoms with van der Waals surface area (Å²) in [6, 6.07) is 18.4. The molecule has 2 atom stereocenters. The SMILES string of the molecule is CC(c1ccc(-c2ccc(CCN3CCCC3C)cc2)cc1)c1nnn[nH]1. The van der Waals surface area contributed by atoms with Gasteiger partial charge in [0.15, 0.2) is 5.82 Å². The molecule has 2 heterocycles. The van der Waals surface area contributed by atoms with E-state index in [0.717, 1.165) is 18.3 Å². The van der Waals surface area contributed by atoms with Gasteiger partial charge in [0.2, 0.25) is 0 Å². The molecule has 0 saturated carbocycles. The molecule has 5 heteroatoms. The van der Waals surface area contributed by atoms with Crippen molar-refractivity contribution in [2.24, 2.45) is 0 Å². The van der Waals surface area contributed by atoms with E-state index in [2.05, 4.69) is 87.9 Å². The van der Waals surface area contributed by atoms with Crippen LogP contribution >= 0.6 is 0 Å². The summed E-state index contributed by atoms with van der Waals surface area (Å²) in [6.45, 7) is 6.88. The summed E-state index contributed by atoms with van der Waals surface area (Å²) in [4.78, 5) is 2.61. The Labute approximate surface area is 160 Å². The normalized spacial score (nSPS) is 18.7. The Bertz CT molecular complexity index is 839. The third-order valence-corrected chi connectivity index (χ3v) is 5.85. The molecule has 4 rings (SSSR count). The fourth-order valence-electron chi connectivity index (χ4n) is 3.93. The molecule has 140 valence electrons. The van der Waals surface area contributed by atoms with E-state index >= 15 is 0 Å². The minimum Gasteiger partial charge on any atom is -0.300 e. The summed E-state index contributed by atoms with van der Waals surface area (Å²) in [5, 5.41) is 14.2. The zero-order chi connectivity index (χ0) is 18.6. The lowest BCUT2D eigenvalue weighted by Crippen LogP contribution is -2.28. The maximum Gasteiger partial charge on any atom is 0.155 e. The minimum atomic E-state index is 0.157. The Morgan fingerprint density at radius 3 is 2.37 bits per heavy atom. The number of nitrogens with one attached hydrogen (secondary N) is 1. The van der Waals surface area contributed by atoms with Crippen molar-refractivity contribution in [2.45, 2.75) is 45.1 Å². The van der Waals surface area contributed by atoms with Gasteiger partial charge in [-0.05, 0) is 65.4 Å². The molecule has 5 nitrogen and oxygen atoms in total. The van der Waals surface area contributed by atoms with Gasteiger partial charge in [0.1, 0.15) is 0 Å². The molecule has 1 aromatic heterocycles. The molecular weight excluding hydrogens is 334 g/mol. The maximum atomic E-state index is 4.01. The lowest BCUT2D eigenvalue weighted by atomic mass is 9.96. The van der Waals surface area contributed by atoms with E-state index in [1.165, 1.54) is 48.2 Å². The number of tetrazole rings is 1. The highest BCUT2D eigenvalue weighted by Gasteiger charge is 2.19. The summed E-state index contributed by atoms with van der Waals surface area (Å²) in [6.07, 6.45) is 3.83. The Balaban J connectivity index is 1.39. The third-order valence-electron chi connectivity index (χ3n) is 5.85. The molecule has 0 radical (unpaired) electrons. The van der Waals surface area contributed by atoms with Crippen LogP contribution in [-0.4, -0.2) is 44.7 Å². The molecule has 0 spiro atoms. The Morgan fingerprint density at radius 2 is 1.78 bits per heavy atom. The van der Waals surface area contributed by atoms with Gasteiger partial charge >= 0.3 is 0 Å². The standard InChI is InChI=1S/C22H27N5/c1-16-4-3-14-27(16)15-13-18-5-7-20(8-6-18)21-11-9-19(10-12-21)17(2)22-23-25-26-24-22/h5-12,16-17H,3-4,13-15H2,1-2H3,(H,23,24,25,26). The molecule has 1 fully saturated rings. The molecule has 27 heavy (non-hydrogen) atoms. The molecule has 2 aromatic carbocycles. The number of nitrogens with zero attached hydrogens (tertiary/aromatic N) is 4. The van der Waals surface area contributed by atoms with Gasteiger partial charge in [0.05, 0.1) is 0 Å². The average Bonchev–Trinajstić information content (AvgIpc) is 3.38. The van der Waals surface area contributed by atoms with Gasteiger partial charge in [0, 0.05) is 18.5 Å². The van der Waals surface area contributed by atoms with Crippen molar-refractivity contribution in [1.82, 2.24) is 25.5 Å². The molecule has 0 bridgehead atoms. The van der Waals surface area contributed by atoms with Crippen molar-refractivity contribution in [3.05, 3.63) is 65.5 Å². The molecule has 1 saturated heterocycles. The van der Waals surface area contributed by atoms with Crippen molar-refractivity contribution in [3.63, 3.8) is 0 Å². The first kappa shape index (κ1) is 17.9. The van der Waals surface area contributed by atoms with Gasteiger partial charge < -0.3 is 4.90 Å². The van der Waals surface area contributed by atoms with Crippen molar-refractivity contribution >= 4 is 0 Å². The average molecular weight is 361 g/mol. The molecule has 1 aliphatic heterocycles. The lowest BCUT2D eigenvalue weighted by Gasteiger charge is -2.20. The number of rotatable bonds is 6. The largest absolute Gasteiger partial charge is 0.300 e. The zero-order valence-electron chi connectivity index (χ0n) is 16.1. The summed E-state index contributed by atoms with van der Waals surface area (Å²) in [7, 11) is 0. The second kappa shape index (κ2) is 8.01. The van der Waals surface area contributed by atoms with E-state index in [1.807, 2.05) is 0 Å². The van der Waals surface area contributed by atoms with Gasteiger partial charge in [-0.3, -0.25) is 0 Å². The van der Waals surface area contributed by atoms with Crippen LogP contribution < -0.4 is 0 Å². The molecule has 3 aromatic rings. The van der Waals surface area contributed by atoms with Crippen LogP contribution in [0.3, 0.4) is 0 Å². The van der Waals surface area contributed by atoms with E-state index < -0.39 is 0 Å². The van der Waals surface area contributed by atoms with Gasteiger partial charge in [0.25, 0.3) is 0 Å². The monoisotopic (exact) mass is 361 g/mol. The van der Waals surface area contributed by atoms with Crippen molar-refractivity contribution < 1.29 is 0 Å². The number of H-pyrrole nitrogens is 1. The van der Waals surface area contributed by atoms with Crippen LogP contribution in [0, 0.1) is 0 Å². The molecule has 1 aliphatic rings. The number of benzene rings is 2. The van der Waals surface area contributed by atoms with Gasteiger partial charge in [-0.2, -0.15) is 0 Å². The van der Waals surface area contributed by atoms with Crippen LogP contribution in [0.2, 0.25) is 0 Å². The van der Waals surface area contributed by atoms with Crippen molar-refractivity contribution in [3.8, 4) is 11.1 Å². The molecule has 0 amide bonds. The van der Waals surface area contributed by atoms with E-state index in [4.69, 9.17) is 0 Å². The summed E-state index contributed by atoms with van der Waals surface area (Å²) < 4.78 is 0. The number of aromatic amines is 1. The highest BCUT2D eigenvalue weighted by Crippen LogP contribution is 2.25. The van der Waals surface area contributed by atoms with Crippen molar-refractivity contribution in [2.75, 3.05) is 13.1 Å². The first-order valence-corrected chi connectivity index (χ1v) is 9.87. The van der Waals surface area contributed by atoms with Gasteiger partial charge in [-0.25, -0.2) is 5.10 Å². The Hall–Kier alpha value is -2.53. The van der Waals surface area contributed by atoms with Crippen LogP contribution in [0.1, 0.15) is 49.6 Å². The second-order valence-corrected chi connectivity index (χ2v) is 7.60. The summed E-state index contributed by atoms with van der Waals surface area (Å²) in [5.74, 6) is 0.948.